The number of carbonyl (C=O) groups excluding carboxylic acids is 3. The Bertz CT molecular complexity index is 593. The minimum atomic E-state index is -0.873. The third kappa shape index (κ3) is 5.61. The third-order valence-electron chi connectivity index (χ3n) is 3.48. The quantitative estimate of drug-likeness (QED) is 0.706. The number of rotatable bonds is 4. The molecule has 1 saturated heterocycles. The Labute approximate surface area is 141 Å². The van der Waals surface area contributed by atoms with Crippen molar-refractivity contribution in [3.05, 3.63) is 22.8 Å². The standard InChI is InChI=1S/C14H18BrN5O3/c15-10-3-4-11(17-6-10)18-13(22)9-2-1-5-20(7-9)8-12(21)19-14(16)23/h3-4,6,9H,1-2,5,7-8H2,(H,17,18,22)(H3,16,19,21,23). The number of aromatic nitrogens is 1. The first-order valence-corrected chi connectivity index (χ1v) is 7.97. The highest BCUT2D eigenvalue weighted by Gasteiger charge is 2.27. The number of imide groups is 1. The number of anilines is 1. The number of pyridine rings is 1. The van der Waals surface area contributed by atoms with Crippen molar-refractivity contribution in [3.8, 4) is 0 Å². The number of piperidine rings is 1. The minimum absolute atomic E-state index is 0.0449. The van der Waals surface area contributed by atoms with Gasteiger partial charge in [-0.1, -0.05) is 0 Å². The van der Waals surface area contributed by atoms with Crippen LogP contribution in [0.2, 0.25) is 0 Å². The molecule has 23 heavy (non-hydrogen) atoms. The number of nitrogens with two attached hydrogens (primary N) is 1. The molecule has 4 N–H and O–H groups in total. The maximum absolute atomic E-state index is 12.3. The lowest BCUT2D eigenvalue weighted by Crippen LogP contribution is -2.47. The Hall–Kier alpha value is -2.00. The fourth-order valence-corrected chi connectivity index (χ4v) is 2.71. The van der Waals surface area contributed by atoms with Gasteiger partial charge in [0.2, 0.25) is 11.8 Å². The van der Waals surface area contributed by atoms with Crippen LogP contribution in [0.25, 0.3) is 0 Å². The Morgan fingerprint density at radius 3 is 2.83 bits per heavy atom. The number of hydrogen-bond acceptors (Lipinski definition) is 5. The van der Waals surface area contributed by atoms with Crippen molar-refractivity contribution in [2.24, 2.45) is 11.7 Å². The number of urea groups is 1. The van der Waals surface area contributed by atoms with Crippen molar-refractivity contribution in [1.29, 1.82) is 0 Å². The van der Waals surface area contributed by atoms with Gasteiger partial charge in [0.15, 0.2) is 0 Å². The van der Waals surface area contributed by atoms with Gasteiger partial charge >= 0.3 is 6.03 Å². The number of amides is 4. The Kier molecular flexibility index (Phi) is 6.05. The maximum atomic E-state index is 12.3. The highest BCUT2D eigenvalue weighted by atomic mass is 79.9. The number of hydrogen-bond donors (Lipinski definition) is 3. The van der Waals surface area contributed by atoms with E-state index in [0.29, 0.717) is 18.9 Å². The average Bonchev–Trinajstić information content (AvgIpc) is 2.49. The van der Waals surface area contributed by atoms with Gasteiger partial charge in [0.1, 0.15) is 5.82 Å². The molecule has 1 aliphatic heterocycles. The van der Waals surface area contributed by atoms with Gasteiger partial charge in [0.05, 0.1) is 12.5 Å². The molecule has 9 heteroatoms. The molecule has 0 aromatic carbocycles. The molecular formula is C14H18BrN5O3. The SMILES string of the molecule is NC(=O)NC(=O)CN1CCCC(C(=O)Nc2ccc(Br)cn2)C1. The molecule has 0 aliphatic carbocycles. The van der Waals surface area contributed by atoms with Crippen molar-refractivity contribution in [1.82, 2.24) is 15.2 Å². The van der Waals surface area contributed by atoms with Gasteiger partial charge in [-0.2, -0.15) is 0 Å². The Balaban J connectivity index is 1.87. The zero-order valence-corrected chi connectivity index (χ0v) is 14.0. The van der Waals surface area contributed by atoms with E-state index < -0.39 is 11.9 Å². The average molecular weight is 384 g/mol. The summed E-state index contributed by atoms with van der Waals surface area (Å²) >= 11 is 3.28. The largest absolute Gasteiger partial charge is 0.351 e. The summed E-state index contributed by atoms with van der Waals surface area (Å²) in [5.41, 5.74) is 4.91. The zero-order valence-electron chi connectivity index (χ0n) is 12.4. The molecule has 1 fully saturated rings. The second-order valence-electron chi connectivity index (χ2n) is 5.34. The first kappa shape index (κ1) is 17.4. The molecule has 2 heterocycles. The van der Waals surface area contributed by atoms with E-state index in [1.165, 1.54) is 0 Å². The monoisotopic (exact) mass is 383 g/mol. The summed E-state index contributed by atoms with van der Waals surface area (Å²) in [7, 11) is 0. The van der Waals surface area contributed by atoms with Crippen LogP contribution in [0.5, 0.6) is 0 Å². The van der Waals surface area contributed by atoms with E-state index in [2.05, 4.69) is 26.2 Å². The van der Waals surface area contributed by atoms with E-state index in [1.807, 2.05) is 10.2 Å². The predicted octanol–water partition coefficient (Wildman–Crippen LogP) is 0.689. The highest BCUT2D eigenvalue weighted by molar-refractivity contribution is 9.10. The fourth-order valence-electron chi connectivity index (χ4n) is 2.47. The zero-order chi connectivity index (χ0) is 16.8. The molecule has 1 aromatic heterocycles. The second kappa shape index (κ2) is 8.02. The normalized spacial score (nSPS) is 18.2. The summed E-state index contributed by atoms with van der Waals surface area (Å²) < 4.78 is 0.833. The van der Waals surface area contributed by atoms with Crippen LogP contribution in [0.1, 0.15) is 12.8 Å². The van der Waals surface area contributed by atoms with Crippen LogP contribution in [-0.2, 0) is 9.59 Å². The number of carbonyl (C=O) groups is 3. The number of halogens is 1. The first-order valence-electron chi connectivity index (χ1n) is 7.18. The van der Waals surface area contributed by atoms with Crippen molar-refractivity contribution < 1.29 is 14.4 Å². The van der Waals surface area contributed by atoms with Crippen molar-refractivity contribution >= 4 is 39.6 Å². The molecule has 0 spiro atoms. The molecule has 0 saturated carbocycles. The van der Waals surface area contributed by atoms with Crippen LogP contribution in [0.4, 0.5) is 10.6 Å². The van der Waals surface area contributed by atoms with Crippen LogP contribution in [-0.4, -0.2) is 47.4 Å². The van der Waals surface area contributed by atoms with Crippen LogP contribution in [0.15, 0.2) is 22.8 Å². The van der Waals surface area contributed by atoms with Crippen LogP contribution in [0, 0.1) is 5.92 Å². The molecule has 8 nitrogen and oxygen atoms in total. The molecule has 0 bridgehead atoms. The number of likely N-dealkylation sites (tertiary alicyclic amines) is 1. The lowest BCUT2D eigenvalue weighted by Gasteiger charge is -2.31. The minimum Gasteiger partial charge on any atom is -0.351 e. The molecule has 1 aromatic rings. The van der Waals surface area contributed by atoms with Gasteiger partial charge in [-0.3, -0.25) is 19.8 Å². The fraction of sp³-hybridized carbons (Fsp3) is 0.429. The van der Waals surface area contributed by atoms with Crippen LogP contribution in [0.3, 0.4) is 0 Å². The predicted molar refractivity (Wildman–Crippen MR) is 87.5 cm³/mol. The topological polar surface area (TPSA) is 117 Å². The van der Waals surface area contributed by atoms with Gasteiger partial charge < -0.3 is 11.1 Å². The third-order valence-corrected chi connectivity index (χ3v) is 3.95. The summed E-state index contributed by atoms with van der Waals surface area (Å²) in [5, 5.41) is 4.80. The lowest BCUT2D eigenvalue weighted by molar-refractivity contribution is -0.125. The summed E-state index contributed by atoms with van der Waals surface area (Å²) in [6.45, 7) is 1.20. The van der Waals surface area contributed by atoms with E-state index in [-0.39, 0.29) is 18.4 Å². The molecule has 1 atom stereocenters. The summed E-state index contributed by atoms with van der Waals surface area (Å²) in [6, 6.07) is 2.63. The van der Waals surface area contributed by atoms with Gasteiger partial charge in [-0.25, -0.2) is 9.78 Å². The smallest absolute Gasteiger partial charge is 0.318 e. The molecule has 1 aliphatic rings. The summed E-state index contributed by atoms with van der Waals surface area (Å²) in [5.74, 6) is -0.328. The maximum Gasteiger partial charge on any atom is 0.318 e. The van der Waals surface area contributed by atoms with Crippen molar-refractivity contribution in [3.63, 3.8) is 0 Å². The van der Waals surface area contributed by atoms with Crippen molar-refractivity contribution in [2.75, 3.05) is 25.0 Å². The van der Waals surface area contributed by atoms with Crippen molar-refractivity contribution in [2.45, 2.75) is 12.8 Å². The van der Waals surface area contributed by atoms with Gasteiger partial charge in [0, 0.05) is 17.2 Å². The Morgan fingerprint density at radius 1 is 1.39 bits per heavy atom. The molecule has 4 amide bonds. The van der Waals surface area contributed by atoms with E-state index in [0.717, 1.165) is 17.3 Å². The summed E-state index contributed by atoms with van der Waals surface area (Å²) in [6.07, 6.45) is 3.16. The van der Waals surface area contributed by atoms with Gasteiger partial charge in [-0.05, 0) is 47.4 Å². The molecular weight excluding hydrogens is 366 g/mol. The van der Waals surface area contributed by atoms with E-state index in [4.69, 9.17) is 5.73 Å². The first-order chi connectivity index (χ1) is 10.9. The second-order valence-corrected chi connectivity index (χ2v) is 6.25. The van der Waals surface area contributed by atoms with Gasteiger partial charge in [0.25, 0.3) is 0 Å². The van der Waals surface area contributed by atoms with E-state index >= 15 is 0 Å². The van der Waals surface area contributed by atoms with Gasteiger partial charge in [-0.15, -0.1) is 0 Å². The number of nitrogens with zero attached hydrogens (tertiary/aromatic N) is 2. The molecule has 0 radical (unpaired) electrons. The highest BCUT2D eigenvalue weighted by Crippen LogP contribution is 2.18. The van der Waals surface area contributed by atoms with E-state index in [1.54, 1.807) is 18.3 Å². The van der Waals surface area contributed by atoms with Crippen LogP contribution >= 0.6 is 15.9 Å². The lowest BCUT2D eigenvalue weighted by atomic mass is 9.97. The van der Waals surface area contributed by atoms with Crippen LogP contribution < -0.4 is 16.4 Å². The molecule has 1 unspecified atom stereocenters. The number of nitrogens with one attached hydrogen (secondary N) is 2. The molecule has 2 rings (SSSR count). The molecule has 124 valence electrons. The Morgan fingerprint density at radius 2 is 2.17 bits per heavy atom. The number of primary amides is 1. The van der Waals surface area contributed by atoms with E-state index in [9.17, 15) is 14.4 Å². The summed E-state index contributed by atoms with van der Waals surface area (Å²) in [4.78, 5) is 40.4.